The SMILES string of the molecule is Cc1cc2[nH]c(-c3ccc(NC(=S)NC(=O)COc4cccc(C)c4C)cc3)nc2cc1Cl. The zero-order chi connectivity index (χ0) is 23.5. The number of nitrogens with one attached hydrogen (secondary N) is 3. The highest BCUT2D eigenvalue weighted by Crippen LogP contribution is 2.26. The minimum absolute atomic E-state index is 0.124. The number of nitrogens with zero attached hydrogens (tertiary/aromatic N) is 1. The first-order valence-corrected chi connectivity index (χ1v) is 11.1. The molecule has 0 unspecified atom stereocenters. The fraction of sp³-hybridized carbons (Fsp3) is 0.160. The number of aromatic nitrogens is 2. The van der Waals surface area contributed by atoms with Gasteiger partial charge in [-0.25, -0.2) is 4.98 Å². The minimum atomic E-state index is -0.332. The Balaban J connectivity index is 1.34. The van der Waals surface area contributed by atoms with E-state index in [-0.39, 0.29) is 17.6 Å². The first-order chi connectivity index (χ1) is 15.8. The van der Waals surface area contributed by atoms with Crippen molar-refractivity contribution in [3.63, 3.8) is 0 Å². The summed E-state index contributed by atoms with van der Waals surface area (Å²) in [7, 11) is 0. The summed E-state index contributed by atoms with van der Waals surface area (Å²) in [6.07, 6.45) is 0. The Bertz CT molecular complexity index is 1310. The number of carbonyl (C=O) groups excluding carboxylic acids is 1. The molecule has 0 aliphatic rings. The van der Waals surface area contributed by atoms with Gasteiger partial charge < -0.3 is 15.0 Å². The Morgan fingerprint density at radius 2 is 1.85 bits per heavy atom. The first-order valence-electron chi connectivity index (χ1n) is 10.4. The van der Waals surface area contributed by atoms with Gasteiger partial charge in [-0.05, 0) is 92.1 Å². The number of rotatable bonds is 5. The third-order valence-corrected chi connectivity index (χ3v) is 5.96. The summed E-state index contributed by atoms with van der Waals surface area (Å²) in [6.45, 7) is 5.79. The molecule has 0 aliphatic carbocycles. The van der Waals surface area contributed by atoms with E-state index in [1.807, 2.05) is 75.4 Å². The van der Waals surface area contributed by atoms with Crippen LogP contribution in [0.3, 0.4) is 0 Å². The third-order valence-electron chi connectivity index (χ3n) is 5.35. The van der Waals surface area contributed by atoms with E-state index in [2.05, 4.69) is 20.6 Å². The van der Waals surface area contributed by atoms with Crippen LogP contribution in [0.25, 0.3) is 22.4 Å². The zero-order valence-corrected chi connectivity index (χ0v) is 20.0. The lowest BCUT2D eigenvalue weighted by Gasteiger charge is -2.12. The Hall–Kier alpha value is -3.42. The van der Waals surface area contributed by atoms with Gasteiger partial charge >= 0.3 is 0 Å². The molecule has 4 rings (SSSR count). The van der Waals surface area contributed by atoms with Crippen LogP contribution in [-0.2, 0) is 4.79 Å². The van der Waals surface area contributed by atoms with Crippen molar-refractivity contribution < 1.29 is 9.53 Å². The summed E-state index contributed by atoms with van der Waals surface area (Å²) in [4.78, 5) is 20.1. The standard InChI is InChI=1S/C25H23ClN4O2S/c1-14-5-4-6-22(16(14)3)32-13-23(31)30-25(33)27-18-9-7-17(8-10-18)24-28-20-11-15(2)19(26)12-21(20)29-24/h4-12H,13H2,1-3H3,(H,28,29)(H2,27,30,31,33). The molecule has 0 atom stereocenters. The zero-order valence-electron chi connectivity index (χ0n) is 18.5. The molecular formula is C25H23ClN4O2S. The van der Waals surface area contributed by atoms with Gasteiger partial charge in [-0.1, -0.05) is 23.7 Å². The first kappa shape index (κ1) is 22.8. The highest BCUT2D eigenvalue weighted by Gasteiger charge is 2.10. The van der Waals surface area contributed by atoms with Gasteiger partial charge in [-0.3, -0.25) is 10.1 Å². The number of halogens is 1. The van der Waals surface area contributed by atoms with Crippen LogP contribution in [0.2, 0.25) is 5.02 Å². The monoisotopic (exact) mass is 478 g/mol. The number of carbonyl (C=O) groups is 1. The highest BCUT2D eigenvalue weighted by molar-refractivity contribution is 7.80. The molecule has 33 heavy (non-hydrogen) atoms. The van der Waals surface area contributed by atoms with Crippen LogP contribution in [0.4, 0.5) is 5.69 Å². The molecule has 0 saturated heterocycles. The summed E-state index contributed by atoms with van der Waals surface area (Å²) >= 11 is 11.5. The number of hydrogen-bond donors (Lipinski definition) is 3. The van der Waals surface area contributed by atoms with Crippen molar-refractivity contribution in [2.75, 3.05) is 11.9 Å². The summed E-state index contributed by atoms with van der Waals surface area (Å²) in [5, 5.41) is 6.53. The number of aromatic amines is 1. The van der Waals surface area contributed by atoms with Crippen LogP contribution in [0.1, 0.15) is 16.7 Å². The van der Waals surface area contributed by atoms with Crippen molar-refractivity contribution in [1.29, 1.82) is 0 Å². The summed E-state index contributed by atoms with van der Waals surface area (Å²) < 4.78 is 5.62. The second-order valence-corrected chi connectivity index (χ2v) is 8.59. The number of ether oxygens (including phenoxy) is 1. The molecule has 0 bridgehead atoms. The molecule has 0 spiro atoms. The van der Waals surface area contributed by atoms with Gasteiger partial charge in [-0.15, -0.1) is 0 Å². The maximum absolute atomic E-state index is 12.2. The predicted molar refractivity (Wildman–Crippen MR) is 137 cm³/mol. The molecule has 0 fully saturated rings. The fourth-order valence-corrected chi connectivity index (χ4v) is 3.73. The summed E-state index contributed by atoms with van der Waals surface area (Å²) in [5.74, 6) is 1.10. The molecule has 1 aromatic heterocycles. The number of H-pyrrole nitrogens is 1. The Labute approximate surface area is 202 Å². The van der Waals surface area contributed by atoms with Crippen molar-refractivity contribution in [2.24, 2.45) is 0 Å². The number of benzene rings is 3. The maximum Gasteiger partial charge on any atom is 0.264 e. The molecule has 0 radical (unpaired) electrons. The smallest absolute Gasteiger partial charge is 0.264 e. The number of amides is 1. The second-order valence-electron chi connectivity index (χ2n) is 7.77. The van der Waals surface area contributed by atoms with Gasteiger partial charge in [0.05, 0.1) is 11.0 Å². The third kappa shape index (κ3) is 5.32. The van der Waals surface area contributed by atoms with Crippen LogP contribution in [0.15, 0.2) is 54.6 Å². The molecule has 1 heterocycles. The fourth-order valence-electron chi connectivity index (χ4n) is 3.34. The van der Waals surface area contributed by atoms with Gasteiger partial charge in [-0.2, -0.15) is 0 Å². The van der Waals surface area contributed by atoms with E-state index in [0.29, 0.717) is 10.8 Å². The van der Waals surface area contributed by atoms with Gasteiger partial charge in [0.1, 0.15) is 11.6 Å². The van der Waals surface area contributed by atoms with E-state index < -0.39 is 0 Å². The number of anilines is 1. The van der Waals surface area contributed by atoms with Crippen LogP contribution < -0.4 is 15.4 Å². The van der Waals surface area contributed by atoms with E-state index in [0.717, 1.165) is 44.8 Å². The minimum Gasteiger partial charge on any atom is -0.483 e. The van der Waals surface area contributed by atoms with E-state index in [1.165, 1.54) is 0 Å². The van der Waals surface area contributed by atoms with Crippen LogP contribution in [0, 0.1) is 20.8 Å². The van der Waals surface area contributed by atoms with Crippen LogP contribution in [0.5, 0.6) is 5.75 Å². The Morgan fingerprint density at radius 1 is 1.09 bits per heavy atom. The van der Waals surface area contributed by atoms with Gasteiger partial charge in [0.25, 0.3) is 5.91 Å². The highest BCUT2D eigenvalue weighted by atomic mass is 35.5. The van der Waals surface area contributed by atoms with E-state index in [1.54, 1.807) is 0 Å². The van der Waals surface area contributed by atoms with Gasteiger partial charge in [0.2, 0.25) is 0 Å². The van der Waals surface area contributed by atoms with Crippen molar-refractivity contribution in [3.05, 3.63) is 76.3 Å². The van der Waals surface area contributed by atoms with E-state index >= 15 is 0 Å². The van der Waals surface area contributed by atoms with Gasteiger partial charge in [0, 0.05) is 16.3 Å². The molecule has 1 amide bonds. The number of fused-ring (bicyclic) bond motifs is 1. The molecule has 3 N–H and O–H groups in total. The summed E-state index contributed by atoms with van der Waals surface area (Å²) in [5.41, 5.74) is 6.52. The topological polar surface area (TPSA) is 79.0 Å². The van der Waals surface area contributed by atoms with Crippen molar-refractivity contribution in [2.45, 2.75) is 20.8 Å². The lowest BCUT2D eigenvalue weighted by Crippen LogP contribution is -2.37. The molecule has 168 valence electrons. The molecule has 3 aromatic carbocycles. The van der Waals surface area contributed by atoms with Crippen LogP contribution in [-0.4, -0.2) is 27.6 Å². The molecule has 0 saturated carbocycles. The molecule has 4 aromatic rings. The molecule has 6 nitrogen and oxygen atoms in total. The average Bonchev–Trinajstić information content (AvgIpc) is 3.18. The largest absolute Gasteiger partial charge is 0.483 e. The van der Waals surface area contributed by atoms with Crippen LogP contribution >= 0.6 is 23.8 Å². The lowest BCUT2D eigenvalue weighted by molar-refractivity contribution is -0.121. The Kier molecular flexibility index (Phi) is 6.62. The molecule has 8 heteroatoms. The Morgan fingerprint density at radius 3 is 2.61 bits per heavy atom. The summed E-state index contributed by atoms with van der Waals surface area (Å²) in [6, 6.07) is 17.1. The number of hydrogen-bond acceptors (Lipinski definition) is 4. The lowest BCUT2D eigenvalue weighted by atomic mass is 10.1. The average molecular weight is 479 g/mol. The molecular weight excluding hydrogens is 456 g/mol. The van der Waals surface area contributed by atoms with Crippen molar-refractivity contribution in [1.82, 2.24) is 15.3 Å². The second kappa shape index (κ2) is 9.60. The number of imidazole rings is 1. The quantitative estimate of drug-likeness (QED) is 0.321. The van der Waals surface area contributed by atoms with E-state index in [4.69, 9.17) is 28.6 Å². The predicted octanol–water partition coefficient (Wildman–Crippen LogP) is 5.70. The van der Waals surface area contributed by atoms with Crippen molar-refractivity contribution >= 4 is 51.6 Å². The van der Waals surface area contributed by atoms with E-state index in [9.17, 15) is 4.79 Å². The van der Waals surface area contributed by atoms with Crippen molar-refractivity contribution in [3.8, 4) is 17.1 Å². The normalized spacial score (nSPS) is 10.8. The molecule has 0 aliphatic heterocycles. The number of thiocarbonyl (C=S) groups is 1. The maximum atomic E-state index is 12.2. The van der Waals surface area contributed by atoms with Gasteiger partial charge in [0.15, 0.2) is 11.7 Å². The number of aryl methyl sites for hydroxylation is 2.